The van der Waals surface area contributed by atoms with E-state index in [1.807, 2.05) is 77.3 Å². The van der Waals surface area contributed by atoms with Crippen LogP contribution in [0.3, 0.4) is 0 Å². The second-order valence-corrected chi connectivity index (χ2v) is 28.5. The smallest absolute Gasteiger partial charge is 0.268 e. The Kier molecular flexibility index (Phi) is 19.2. The topological polar surface area (TPSA) is 236 Å². The molecule has 4 aliphatic rings. The zero-order valence-corrected chi connectivity index (χ0v) is 51.8. The van der Waals surface area contributed by atoms with E-state index in [2.05, 4.69) is 28.6 Å². The lowest BCUT2D eigenvalue weighted by molar-refractivity contribution is -0.127. The number of nitrogens with zero attached hydrogens (tertiary/aromatic N) is 5. The molecular formula is C62H78F2N8O11S2. The second-order valence-electron chi connectivity index (χ2n) is 24.8. The van der Waals surface area contributed by atoms with Gasteiger partial charge in [-0.2, -0.15) is 0 Å². The molecule has 3 N–H and O–H groups in total. The van der Waals surface area contributed by atoms with Gasteiger partial charge in [0, 0.05) is 67.1 Å². The number of carbonyl (C=O) groups is 4. The Balaban J connectivity index is 0.000000226. The van der Waals surface area contributed by atoms with Crippen molar-refractivity contribution in [3.8, 4) is 39.8 Å². The number of pyridine rings is 2. The van der Waals surface area contributed by atoms with Crippen LogP contribution >= 0.6 is 0 Å². The molecule has 4 fully saturated rings. The molecule has 6 heterocycles. The van der Waals surface area contributed by atoms with Crippen LogP contribution in [0.4, 0.5) is 20.4 Å². The molecule has 4 amide bonds. The number of anilines is 2. The number of amides is 4. The minimum Gasteiger partial charge on any atom is -0.497 e. The van der Waals surface area contributed by atoms with Crippen molar-refractivity contribution < 1.29 is 59.0 Å². The van der Waals surface area contributed by atoms with E-state index in [9.17, 15) is 44.8 Å². The molecular weight excluding hydrogens is 1130 g/mol. The number of ether oxygens (including phenoxy) is 3. The molecule has 0 saturated carbocycles. The number of hydrogen-bond donors (Lipinski definition) is 3. The first-order chi connectivity index (χ1) is 39.9. The highest BCUT2D eigenvalue weighted by molar-refractivity contribution is 7.91. The predicted octanol–water partition coefficient (Wildman–Crippen LogP) is 8.91. The Morgan fingerprint density at radius 3 is 1.52 bits per heavy atom. The van der Waals surface area contributed by atoms with Crippen molar-refractivity contribution in [2.24, 2.45) is 23.7 Å². The van der Waals surface area contributed by atoms with E-state index in [0.29, 0.717) is 77.8 Å². The molecule has 4 atom stereocenters. The van der Waals surface area contributed by atoms with Gasteiger partial charge in [-0.25, -0.2) is 45.0 Å². The molecule has 85 heavy (non-hydrogen) atoms. The Morgan fingerprint density at radius 2 is 1.12 bits per heavy atom. The van der Waals surface area contributed by atoms with E-state index < -0.39 is 71.3 Å². The van der Waals surface area contributed by atoms with Gasteiger partial charge in [0.25, 0.3) is 11.8 Å². The molecule has 0 spiro atoms. The summed E-state index contributed by atoms with van der Waals surface area (Å²) < 4.78 is 103. The van der Waals surface area contributed by atoms with Crippen LogP contribution in [0.2, 0.25) is 0 Å². The highest BCUT2D eigenvalue weighted by Gasteiger charge is 2.45. The largest absolute Gasteiger partial charge is 0.497 e. The molecule has 0 bridgehead atoms. The van der Waals surface area contributed by atoms with Gasteiger partial charge in [0.05, 0.1) is 42.8 Å². The molecule has 23 heteroatoms. The quantitative estimate of drug-likeness (QED) is 0.0700. The van der Waals surface area contributed by atoms with E-state index in [1.165, 1.54) is 41.3 Å². The van der Waals surface area contributed by atoms with Gasteiger partial charge in [-0.1, -0.05) is 53.7 Å². The first-order valence-electron chi connectivity index (χ1n) is 28.7. The number of halogens is 2. The Hall–Kier alpha value is -7.40. The first kappa shape index (κ1) is 63.6. The van der Waals surface area contributed by atoms with E-state index >= 15 is 0 Å². The fourth-order valence-corrected chi connectivity index (χ4v) is 14.1. The number of sulfonamides is 2. The summed E-state index contributed by atoms with van der Waals surface area (Å²) in [7, 11) is -7.07. The van der Waals surface area contributed by atoms with Crippen LogP contribution in [0.25, 0.3) is 22.5 Å². The summed E-state index contributed by atoms with van der Waals surface area (Å²) in [5.41, 5.74) is 1.94. The van der Waals surface area contributed by atoms with E-state index in [-0.39, 0.29) is 72.7 Å². The van der Waals surface area contributed by atoms with E-state index in [4.69, 9.17) is 24.2 Å². The van der Waals surface area contributed by atoms with Gasteiger partial charge < -0.3 is 34.2 Å². The van der Waals surface area contributed by atoms with Crippen molar-refractivity contribution in [2.45, 2.75) is 123 Å². The third-order valence-electron chi connectivity index (χ3n) is 15.4. The number of methoxy groups -OCH3 is 1. The average molecular weight is 1210 g/mol. The van der Waals surface area contributed by atoms with Gasteiger partial charge in [-0.3, -0.25) is 19.2 Å². The molecule has 4 aliphatic heterocycles. The number of likely N-dealkylation sites (tertiary alicyclic amines) is 1. The third kappa shape index (κ3) is 15.2. The molecule has 19 nitrogen and oxygen atoms in total. The van der Waals surface area contributed by atoms with Crippen molar-refractivity contribution in [3.05, 3.63) is 113 Å². The minimum atomic E-state index is -4.38. The first-order valence-corrected chi connectivity index (χ1v) is 31.8. The number of benzene rings is 3. The number of rotatable bonds is 19. The van der Waals surface area contributed by atoms with Crippen LogP contribution in [-0.2, 0) is 36.2 Å². The fraction of sp³-hybridized carbons (Fsp3) is 0.484. The molecule has 4 saturated heterocycles. The van der Waals surface area contributed by atoms with Crippen LogP contribution in [0, 0.1) is 35.3 Å². The molecule has 4 unspecified atom stereocenters. The van der Waals surface area contributed by atoms with Crippen LogP contribution in [-0.4, -0.2) is 123 Å². The summed E-state index contributed by atoms with van der Waals surface area (Å²) >= 11 is 0. The van der Waals surface area contributed by atoms with Gasteiger partial charge >= 0.3 is 0 Å². The van der Waals surface area contributed by atoms with Gasteiger partial charge in [0.2, 0.25) is 31.9 Å². The van der Waals surface area contributed by atoms with E-state index in [1.54, 1.807) is 43.5 Å². The maximum absolute atomic E-state index is 14.7. The van der Waals surface area contributed by atoms with Crippen molar-refractivity contribution in [1.29, 1.82) is 0 Å². The molecule has 5 aromatic rings. The second kappa shape index (κ2) is 25.7. The summed E-state index contributed by atoms with van der Waals surface area (Å²) in [5.74, 6) is -0.816. The average Bonchev–Trinajstić information content (AvgIpc) is 2.91. The van der Waals surface area contributed by atoms with Gasteiger partial charge in [0.1, 0.15) is 40.5 Å². The van der Waals surface area contributed by atoms with Crippen molar-refractivity contribution in [1.82, 2.24) is 29.6 Å². The normalized spacial score (nSPS) is 20.1. The lowest BCUT2D eigenvalue weighted by atomic mass is 9.97. The summed E-state index contributed by atoms with van der Waals surface area (Å²) in [6.45, 7) is 23.1. The van der Waals surface area contributed by atoms with E-state index in [0.717, 1.165) is 18.4 Å². The van der Waals surface area contributed by atoms with Gasteiger partial charge in [-0.05, 0) is 143 Å². The lowest BCUT2D eigenvalue weighted by Gasteiger charge is -2.34. The van der Waals surface area contributed by atoms with Gasteiger partial charge in [-0.15, -0.1) is 0 Å². The summed E-state index contributed by atoms with van der Waals surface area (Å²) in [4.78, 5) is 67.4. The third-order valence-corrected chi connectivity index (χ3v) is 18.7. The lowest BCUT2D eigenvalue weighted by Crippen LogP contribution is -2.44. The minimum absolute atomic E-state index is 0.0488. The molecule has 9 rings (SSSR count). The summed E-state index contributed by atoms with van der Waals surface area (Å²) in [6, 6.07) is 22.0. The van der Waals surface area contributed by atoms with Crippen LogP contribution in [0.1, 0.15) is 121 Å². The zero-order valence-electron chi connectivity index (χ0n) is 50.1. The molecule has 458 valence electrons. The number of nitrogens with one attached hydrogen (secondary N) is 3. The fourth-order valence-electron chi connectivity index (χ4n) is 11.5. The Morgan fingerprint density at radius 1 is 0.659 bits per heavy atom. The number of carbonyl (C=O) groups excluding carboxylic acids is 4. The highest BCUT2D eigenvalue weighted by Crippen LogP contribution is 2.41. The Labute approximate surface area is 497 Å². The maximum Gasteiger partial charge on any atom is 0.268 e. The highest BCUT2D eigenvalue weighted by atomic mass is 32.2. The summed E-state index contributed by atoms with van der Waals surface area (Å²) in [6.07, 6.45) is 1.81. The molecule has 3 aromatic carbocycles. The number of aromatic nitrogens is 2. The van der Waals surface area contributed by atoms with Crippen molar-refractivity contribution in [3.63, 3.8) is 0 Å². The SMILES string of the molecule is CC(C)COc1cc(F)cc(-c2ccc(C(=O)NS(=O)(=O)C3CCNC3=O)c(N3CC(C)CC3(C)C)n2)c1.COc1ccc(CN2CCC(S(=O)(=O)NC(=O)c3ccc(-c4cc(F)cc(OCC(C)C)c4)nc3N3CC(C)CC3(C)C)C2=O)cc1. The molecule has 0 radical (unpaired) electrons. The predicted molar refractivity (Wildman–Crippen MR) is 321 cm³/mol. The van der Waals surface area contributed by atoms with Gasteiger partial charge in [0.15, 0.2) is 10.5 Å². The maximum atomic E-state index is 14.7. The van der Waals surface area contributed by atoms with Crippen molar-refractivity contribution in [2.75, 3.05) is 56.3 Å². The Bertz CT molecular complexity index is 3550. The van der Waals surface area contributed by atoms with Crippen LogP contribution < -0.4 is 38.8 Å². The number of hydrogen-bond acceptors (Lipinski definition) is 15. The molecule has 0 aliphatic carbocycles. The monoisotopic (exact) mass is 1210 g/mol. The van der Waals surface area contributed by atoms with Crippen LogP contribution in [0.15, 0.2) is 84.9 Å². The van der Waals surface area contributed by atoms with Crippen molar-refractivity contribution >= 4 is 55.3 Å². The van der Waals surface area contributed by atoms with Crippen LogP contribution in [0.5, 0.6) is 17.2 Å². The standard InChI is InChI=1S/C35H43FN4O6S.C27H35FN4O5S/c1-22(2)21-46-28-16-25(15-26(36)17-28)30-12-11-29(32(37-30)40-19-23(3)18-35(40,4)5)33(41)38-47(43,44)31-13-14-39(34(31)42)20-24-7-9-27(45-6)10-8-24;1-16(2)15-37-20-11-18(10-19(28)12-20)22-7-6-21(24(30-22)32-14-17(3)13-27(32,4)5)25(33)31-38(35,36)23-8-9-29-26(23)34/h7-12,15-17,22-23,31H,13-14,18-21H2,1-6H3,(H,38,41);6-7,10-12,16-17,23H,8-9,13-15H2,1-5H3,(H,29,34)(H,31,33). The molecule has 2 aromatic heterocycles. The summed E-state index contributed by atoms with van der Waals surface area (Å²) in [5, 5.41) is -0.255. The zero-order chi connectivity index (χ0) is 61.9.